The smallest absolute Gasteiger partial charge is 0.748 e. The summed E-state index contributed by atoms with van der Waals surface area (Å²) in [7, 11) is -3.99. The molecule has 0 atom stereocenters. The third kappa shape index (κ3) is 42.7. The average Bonchev–Trinajstić information content (AvgIpc) is 1.63. The molecule has 8 heteroatoms. The second-order valence-electron chi connectivity index (χ2n) is 1.20. The van der Waals surface area contributed by atoms with Crippen LogP contribution in [0.5, 0.6) is 0 Å². The van der Waals surface area contributed by atoms with Gasteiger partial charge in [-0.25, -0.2) is 8.42 Å². The van der Waals surface area contributed by atoms with Crippen LogP contribution in [-0.2, 0) is 19.7 Å². The van der Waals surface area contributed by atoms with Crippen LogP contribution >= 0.6 is 0 Å². The van der Waals surface area contributed by atoms with E-state index in [9.17, 15) is 13.0 Å². The monoisotopic (exact) mass is 212 g/mol. The van der Waals surface area contributed by atoms with Crippen molar-refractivity contribution in [2.75, 3.05) is 5.75 Å². The molecule has 0 rings (SSSR count). The molecule has 0 aliphatic rings. The first-order valence-corrected chi connectivity index (χ1v) is 3.77. The van der Waals surface area contributed by atoms with Gasteiger partial charge in [0.05, 0.1) is 10.1 Å². The summed E-state index contributed by atoms with van der Waals surface area (Å²) in [6, 6.07) is 0. The van der Waals surface area contributed by atoms with E-state index in [-0.39, 0.29) is 77.4 Å². The van der Waals surface area contributed by atoms with Crippen LogP contribution in [0, 0.1) is 6.92 Å². The number of carbonyl (C=O) groups excluding carboxylic acids is 2. The van der Waals surface area contributed by atoms with E-state index in [4.69, 9.17) is 9.59 Å². The van der Waals surface area contributed by atoms with Gasteiger partial charge in [0.2, 0.25) is 0 Å². The third-order valence-corrected chi connectivity index (χ3v) is 1.18. The number of hydrogen-bond donors (Lipinski definition) is 0. The maximum atomic E-state index is 9.64. The van der Waals surface area contributed by atoms with Gasteiger partial charge in [0.25, 0.3) is 0 Å². The average molecular weight is 212 g/mol. The Labute approximate surface area is 116 Å². The quantitative estimate of drug-likeness (QED) is 0.258. The molecule has 0 heterocycles. The number of rotatable bonds is 2. The Morgan fingerprint density at radius 3 is 1.50 bits per heavy atom. The zero-order valence-corrected chi connectivity index (χ0v) is 11.9. The van der Waals surface area contributed by atoms with Crippen LogP contribution < -0.4 is 59.1 Å². The molecule has 0 saturated heterocycles. The fourth-order valence-corrected chi connectivity index (χ4v) is 0.530. The van der Waals surface area contributed by atoms with Gasteiger partial charge < -0.3 is 11.5 Å². The van der Waals surface area contributed by atoms with Crippen molar-refractivity contribution in [3.63, 3.8) is 0 Å². The molecule has 0 N–H and O–H groups in total. The minimum atomic E-state index is -3.99. The van der Waals surface area contributed by atoms with Gasteiger partial charge in [0, 0.05) is 5.75 Å². The molecular formula is C4H6Na2O5S. The normalized spacial score (nSPS) is 7.50. The molecule has 5 nitrogen and oxygen atoms in total. The van der Waals surface area contributed by atoms with Crippen LogP contribution in [0.1, 0.15) is 6.42 Å². The molecule has 0 radical (unpaired) electrons. The summed E-state index contributed by atoms with van der Waals surface area (Å²) < 4.78 is 28.9. The van der Waals surface area contributed by atoms with E-state index in [0.717, 1.165) is 0 Å². The van der Waals surface area contributed by atoms with E-state index in [1.807, 2.05) is 0 Å². The van der Waals surface area contributed by atoms with Crippen molar-refractivity contribution in [3.8, 4) is 0 Å². The van der Waals surface area contributed by atoms with Crippen molar-refractivity contribution in [2.45, 2.75) is 6.42 Å². The fourth-order valence-electron chi connectivity index (χ4n) is 0.177. The van der Waals surface area contributed by atoms with Gasteiger partial charge >= 0.3 is 65.3 Å². The van der Waals surface area contributed by atoms with Crippen LogP contribution in [0.2, 0.25) is 0 Å². The van der Waals surface area contributed by atoms with Crippen molar-refractivity contribution >= 4 is 16.3 Å². The Morgan fingerprint density at radius 1 is 1.25 bits per heavy atom. The van der Waals surface area contributed by atoms with E-state index in [1.165, 1.54) is 0 Å². The fraction of sp³-hybridized carbons (Fsp3) is 0.500. The summed E-state index contributed by atoms with van der Waals surface area (Å²) >= 11 is 0. The van der Waals surface area contributed by atoms with Gasteiger partial charge in [0.15, 0.2) is 0 Å². The van der Waals surface area contributed by atoms with E-state index >= 15 is 0 Å². The Bertz CT molecular complexity index is 193. The molecule has 0 unspecified atom stereocenters. The van der Waals surface area contributed by atoms with E-state index < -0.39 is 10.1 Å². The molecule has 0 aliphatic carbocycles. The van der Waals surface area contributed by atoms with Gasteiger partial charge in [0.1, 0.15) is 0 Å². The predicted octanol–water partition coefficient (Wildman–Crippen LogP) is -6.82. The first kappa shape index (κ1) is 23.3. The SMILES string of the molecule is O=C=O.[CH2-]CCS(=O)(=O)[O-].[Na+].[Na+]. The Hall–Kier alpha value is 1.29. The topological polar surface area (TPSA) is 91.3 Å². The van der Waals surface area contributed by atoms with Crippen LogP contribution in [0.15, 0.2) is 0 Å². The summed E-state index contributed by atoms with van der Waals surface area (Å²) in [5, 5.41) is 0. The maximum absolute atomic E-state index is 9.64. The molecule has 0 amide bonds. The van der Waals surface area contributed by atoms with E-state index in [0.29, 0.717) is 0 Å². The number of hydrogen-bond acceptors (Lipinski definition) is 5. The van der Waals surface area contributed by atoms with Gasteiger partial charge in [-0.3, -0.25) is 0 Å². The predicted molar refractivity (Wildman–Crippen MR) is 29.5 cm³/mol. The van der Waals surface area contributed by atoms with Gasteiger partial charge in [-0.15, -0.1) is 0 Å². The van der Waals surface area contributed by atoms with Crippen molar-refractivity contribution in [1.82, 2.24) is 0 Å². The largest absolute Gasteiger partial charge is 1.00 e. The molecule has 0 aromatic heterocycles. The molecular weight excluding hydrogens is 206 g/mol. The summed E-state index contributed by atoms with van der Waals surface area (Å²) in [4.78, 5) is 16.2. The molecule has 0 fully saturated rings. The van der Waals surface area contributed by atoms with Gasteiger partial charge in [-0.2, -0.15) is 16.0 Å². The van der Waals surface area contributed by atoms with Crippen molar-refractivity contribution < 1.29 is 81.7 Å². The minimum absolute atomic E-state index is 0. The first-order chi connectivity index (χ1) is 4.47. The standard InChI is InChI=1S/C3H7O3S.CO2.2Na/c1-2-3-7(4,5)6;2-1-3;;/h1-3H2,(H,4,5,6);;;/q-1;;2*+1/p-1. The molecule has 0 saturated carbocycles. The zero-order chi connectivity index (χ0) is 8.62. The molecule has 0 bridgehead atoms. The van der Waals surface area contributed by atoms with E-state index in [1.54, 1.807) is 0 Å². The molecule has 12 heavy (non-hydrogen) atoms. The summed E-state index contributed by atoms with van der Waals surface area (Å²) in [6.45, 7) is 3.19. The van der Waals surface area contributed by atoms with Crippen LogP contribution in [0.3, 0.4) is 0 Å². The Balaban J connectivity index is -0.0000000569. The second kappa shape index (κ2) is 14.8. The maximum Gasteiger partial charge on any atom is 1.00 e. The molecule has 0 aromatic rings. The molecule has 0 aliphatic heterocycles. The van der Waals surface area contributed by atoms with Crippen molar-refractivity contribution in [3.05, 3.63) is 6.92 Å². The summed E-state index contributed by atoms with van der Waals surface area (Å²) in [5.74, 6) is -0.354. The Kier molecular flexibility index (Phi) is 28.7. The summed E-state index contributed by atoms with van der Waals surface area (Å²) in [5.41, 5.74) is 0. The van der Waals surface area contributed by atoms with Gasteiger partial charge in [-0.05, 0) is 0 Å². The minimum Gasteiger partial charge on any atom is -0.748 e. The van der Waals surface area contributed by atoms with Crippen LogP contribution in [0.4, 0.5) is 0 Å². The summed E-state index contributed by atoms with van der Waals surface area (Å²) in [6.07, 6.45) is 0.409. The molecule has 0 aromatic carbocycles. The van der Waals surface area contributed by atoms with Crippen LogP contribution in [0.25, 0.3) is 0 Å². The third-order valence-electron chi connectivity index (χ3n) is 0.394. The molecule has 0 spiro atoms. The van der Waals surface area contributed by atoms with Crippen molar-refractivity contribution in [2.24, 2.45) is 0 Å². The van der Waals surface area contributed by atoms with Crippen molar-refractivity contribution in [1.29, 1.82) is 0 Å². The zero-order valence-electron chi connectivity index (χ0n) is 7.07. The first-order valence-electron chi connectivity index (χ1n) is 2.20. The van der Waals surface area contributed by atoms with Crippen LogP contribution in [-0.4, -0.2) is 24.9 Å². The Morgan fingerprint density at radius 2 is 1.50 bits per heavy atom. The second-order valence-corrected chi connectivity index (χ2v) is 2.72. The van der Waals surface area contributed by atoms with E-state index in [2.05, 4.69) is 6.92 Å². The molecule has 60 valence electrons. The van der Waals surface area contributed by atoms with Gasteiger partial charge in [-0.1, -0.05) is 0 Å².